The first-order valence-corrected chi connectivity index (χ1v) is 5.55. The molecule has 0 aromatic carbocycles. The Morgan fingerprint density at radius 3 is 2.73 bits per heavy atom. The third kappa shape index (κ3) is 2.69. The fourth-order valence-corrected chi connectivity index (χ4v) is 2.17. The van der Waals surface area contributed by atoms with Crippen LogP contribution in [0.3, 0.4) is 0 Å². The highest BCUT2D eigenvalue weighted by molar-refractivity contribution is 5.76. The van der Waals surface area contributed by atoms with Gasteiger partial charge in [-0.15, -0.1) is 0 Å². The second-order valence-corrected chi connectivity index (χ2v) is 4.85. The Kier molecular flexibility index (Phi) is 4.11. The van der Waals surface area contributed by atoms with E-state index in [1.165, 1.54) is 7.11 Å². The summed E-state index contributed by atoms with van der Waals surface area (Å²) in [6.45, 7) is 5.68. The van der Waals surface area contributed by atoms with Crippen molar-refractivity contribution in [2.45, 2.75) is 32.7 Å². The minimum Gasteiger partial charge on any atom is -0.469 e. The summed E-state index contributed by atoms with van der Waals surface area (Å²) in [6.07, 6.45) is 2.23. The van der Waals surface area contributed by atoms with Gasteiger partial charge in [-0.3, -0.25) is 4.79 Å². The molecule has 0 aliphatic carbocycles. The van der Waals surface area contributed by atoms with Crippen molar-refractivity contribution in [1.82, 2.24) is 5.32 Å². The second kappa shape index (κ2) is 4.94. The maximum absolute atomic E-state index is 11.6. The monoisotopic (exact) mass is 214 g/mol. The molecule has 2 atom stereocenters. The maximum Gasteiger partial charge on any atom is 0.312 e. The van der Waals surface area contributed by atoms with Gasteiger partial charge in [0.25, 0.3) is 0 Å². The third-order valence-corrected chi connectivity index (χ3v) is 3.39. The zero-order chi connectivity index (χ0) is 11.5. The first-order chi connectivity index (χ1) is 7.00. The zero-order valence-electron chi connectivity index (χ0n) is 9.88. The molecule has 1 saturated heterocycles. The van der Waals surface area contributed by atoms with Gasteiger partial charge in [0.05, 0.1) is 12.5 Å². The van der Waals surface area contributed by atoms with Gasteiger partial charge in [0.2, 0.25) is 0 Å². The van der Waals surface area contributed by atoms with E-state index in [9.17, 15) is 4.79 Å². The summed E-state index contributed by atoms with van der Waals surface area (Å²) in [7, 11) is 1.41. The molecule has 1 fully saturated rings. The number of ether oxygens (including phenoxy) is 1. The normalized spacial score (nSPS) is 24.7. The van der Waals surface area contributed by atoms with E-state index in [0.717, 1.165) is 25.9 Å². The molecule has 2 unspecified atom stereocenters. The van der Waals surface area contributed by atoms with E-state index in [0.29, 0.717) is 5.92 Å². The number of nitrogens with two attached hydrogens (primary N) is 1. The molecule has 0 amide bonds. The molecule has 1 rings (SSSR count). The van der Waals surface area contributed by atoms with Gasteiger partial charge >= 0.3 is 5.97 Å². The van der Waals surface area contributed by atoms with Crippen LogP contribution < -0.4 is 11.1 Å². The summed E-state index contributed by atoms with van der Waals surface area (Å²) in [6, 6.07) is -0.141. The molecule has 1 heterocycles. The van der Waals surface area contributed by atoms with Crippen LogP contribution >= 0.6 is 0 Å². The Hall–Kier alpha value is -0.610. The number of nitrogens with one attached hydrogen (secondary N) is 1. The lowest BCUT2D eigenvalue weighted by molar-refractivity contribution is -0.152. The van der Waals surface area contributed by atoms with Crippen LogP contribution in [0, 0.1) is 11.3 Å². The summed E-state index contributed by atoms with van der Waals surface area (Å²) in [5.74, 6) is 0.147. The largest absolute Gasteiger partial charge is 0.469 e. The van der Waals surface area contributed by atoms with E-state index in [1.54, 1.807) is 0 Å². The zero-order valence-corrected chi connectivity index (χ0v) is 9.88. The van der Waals surface area contributed by atoms with Gasteiger partial charge in [-0.1, -0.05) is 0 Å². The Balaban J connectivity index is 2.64. The van der Waals surface area contributed by atoms with Crippen LogP contribution in [0.1, 0.15) is 26.7 Å². The molecular formula is C11H22N2O2. The van der Waals surface area contributed by atoms with Crippen molar-refractivity contribution in [3.63, 3.8) is 0 Å². The Morgan fingerprint density at radius 1 is 1.60 bits per heavy atom. The molecule has 0 spiro atoms. The van der Waals surface area contributed by atoms with Crippen molar-refractivity contribution in [1.29, 1.82) is 0 Å². The summed E-state index contributed by atoms with van der Waals surface area (Å²) >= 11 is 0. The van der Waals surface area contributed by atoms with E-state index in [2.05, 4.69) is 5.32 Å². The molecular weight excluding hydrogens is 192 g/mol. The molecule has 0 aromatic rings. The highest BCUT2D eigenvalue weighted by Crippen LogP contribution is 2.29. The lowest BCUT2D eigenvalue weighted by atomic mass is 9.75. The summed E-state index contributed by atoms with van der Waals surface area (Å²) in [4.78, 5) is 11.6. The van der Waals surface area contributed by atoms with Crippen molar-refractivity contribution in [3.8, 4) is 0 Å². The SMILES string of the molecule is COC(=O)C(C)(C)C(N)C1CCCNC1. The third-order valence-electron chi connectivity index (χ3n) is 3.39. The van der Waals surface area contributed by atoms with Gasteiger partial charge in [-0.25, -0.2) is 0 Å². The van der Waals surface area contributed by atoms with Crippen LogP contribution in [0.25, 0.3) is 0 Å². The molecule has 4 heteroatoms. The average Bonchev–Trinajstić information content (AvgIpc) is 2.28. The molecule has 0 saturated carbocycles. The van der Waals surface area contributed by atoms with E-state index >= 15 is 0 Å². The number of carbonyl (C=O) groups excluding carboxylic acids is 1. The van der Waals surface area contributed by atoms with Crippen LogP contribution in [0.4, 0.5) is 0 Å². The first kappa shape index (κ1) is 12.5. The predicted octanol–water partition coefficient (Wildman–Crippen LogP) is 0.513. The van der Waals surface area contributed by atoms with E-state index in [-0.39, 0.29) is 12.0 Å². The lowest BCUT2D eigenvalue weighted by Crippen LogP contribution is -2.52. The quantitative estimate of drug-likeness (QED) is 0.672. The lowest BCUT2D eigenvalue weighted by Gasteiger charge is -2.36. The minimum atomic E-state index is -0.599. The highest BCUT2D eigenvalue weighted by Gasteiger charge is 2.40. The van der Waals surface area contributed by atoms with Crippen LogP contribution in [0.2, 0.25) is 0 Å². The van der Waals surface area contributed by atoms with E-state index in [1.807, 2.05) is 13.8 Å². The number of methoxy groups -OCH3 is 1. The Morgan fingerprint density at radius 2 is 2.27 bits per heavy atom. The van der Waals surface area contributed by atoms with Gasteiger partial charge in [-0.05, 0) is 45.7 Å². The van der Waals surface area contributed by atoms with Crippen molar-refractivity contribution in [2.24, 2.45) is 17.1 Å². The van der Waals surface area contributed by atoms with Crippen LogP contribution in [0.5, 0.6) is 0 Å². The number of piperidine rings is 1. The van der Waals surface area contributed by atoms with Crippen molar-refractivity contribution in [3.05, 3.63) is 0 Å². The molecule has 4 nitrogen and oxygen atoms in total. The first-order valence-electron chi connectivity index (χ1n) is 5.55. The molecule has 3 N–H and O–H groups in total. The van der Waals surface area contributed by atoms with Gasteiger partial charge in [0, 0.05) is 6.04 Å². The van der Waals surface area contributed by atoms with Crippen LogP contribution in [-0.4, -0.2) is 32.2 Å². The maximum atomic E-state index is 11.6. The molecule has 1 aliphatic rings. The number of hydrogen-bond acceptors (Lipinski definition) is 4. The Bertz CT molecular complexity index is 223. The molecule has 88 valence electrons. The molecule has 0 radical (unpaired) electrons. The van der Waals surface area contributed by atoms with Gasteiger partial charge in [-0.2, -0.15) is 0 Å². The number of esters is 1. The Labute approximate surface area is 91.5 Å². The second-order valence-electron chi connectivity index (χ2n) is 4.85. The fraction of sp³-hybridized carbons (Fsp3) is 0.909. The van der Waals surface area contributed by atoms with Crippen LogP contribution in [0.15, 0.2) is 0 Å². The van der Waals surface area contributed by atoms with Crippen LogP contribution in [-0.2, 0) is 9.53 Å². The van der Waals surface area contributed by atoms with Gasteiger partial charge < -0.3 is 15.8 Å². The molecule has 1 aliphatic heterocycles. The van der Waals surface area contributed by atoms with Crippen molar-refractivity contribution in [2.75, 3.05) is 20.2 Å². The number of hydrogen-bond donors (Lipinski definition) is 2. The fourth-order valence-electron chi connectivity index (χ4n) is 2.17. The summed E-state index contributed by atoms with van der Waals surface area (Å²) < 4.78 is 4.79. The smallest absolute Gasteiger partial charge is 0.312 e. The van der Waals surface area contributed by atoms with E-state index in [4.69, 9.17) is 10.5 Å². The van der Waals surface area contributed by atoms with Gasteiger partial charge in [0.15, 0.2) is 0 Å². The number of carbonyl (C=O) groups is 1. The van der Waals surface area contributed by atoms with Crippen molar-refractivity contribution >= 4 is 5.97 Å². The predicted molar refractivity (Wildman–Crippen MR) is 59.4 cm³/mol. The van der Waals surface area contributed by atoms with E-state index < -0.39 is 5.41 Å². The number of rotatable bonds is 3. The molecule has 15 heavy (non-hydrogen) atoms. The molecule has 0 aromatic heterocycles. The summed E-state index contributed by atoms with van der Waals surface area (Å²) in [5.41, 5.74) is 5.56. The highest BCUT2D eigenvalue weighted by atomic mass is 16.5. The minimum absolute atomic E-state index is 0.141. The standard InChI is InChI=1S/C11H22N2O2/c1-11(2,10(14)15-3)9(12)8-5-4-6-13-7-8/h8-9,13H,4-7,12H2,1-3H3. The van der Waals surface area contributed by atoms with Crippen molar-refractivity contribution < 1.29 is 9.53 Å². The molecule has 0 bridgehead atoms. The topological polar surface area (TPSA) is 64.3 Å². The summed E-state index contributed by atoms with van der Waals surface area (Å²) in [5, 5.41) is 3.31. The average molecular weight is 214 g/mol. The van der Waals surface area contributed by atoms with Gasteiger partial charge in [0.1, 0.15) is 0 Å².